The third-order valence-electron chi connectivity index (χ3n) is 4.53. The molecule has 2 aliphatic carbocycles. The Balaban J connectivity index is 1.69. The number of anilines is 1. The number of fused-ring (bicyclic) bond motifs is 1. The van der Waals surface area contributed by atoms with Crippen molar-refractivity contribution >= 4 is 22.4 Å². The zero-order chi connectivity index (χ0) is 14.5. The van der Waals surface area contributed by atoms with Crippen LogP contribution in [0.15, 0.2) is 11.6 Å². The SMILES string of the molecule is CC(C)=CC1C(C(=O)Nc2nc3c(s2)CCC3)C1(C)C. The number of nitrogens with one attached hydrogen (secondary N) is 1. The van der Waals surface area contributed by atoms with Gasteiger partial charge < -0.3 is 5.32 Å². The number of aryl methyl sites for hydroxylation is 2. The van der Waals surface area contributed by atoms with Crippen molar-refractivity contribution in [2.45, 2.75) is 47.0 Å². The summed E-state index contributed by atoms with van der Waals surface area (Å²) in [6, 6.07) is 0. The lowest BCUT2D eigenvalue weighted by Crippen LogP contribution is -2.16. The molecule has 0 aliphatic heterocycles. The quantitative estimate of drug-likeness (QED) is 0.860. The van der Waals surface area contributed by atoms with Gasteiger partial charge in [-0.05, 0) is 44.4 Å². The van der Waals surface area contributed by atoms with E-state index in [0.717, 1.165) is 18.0 Å². The van der Waals surface area contributed by atoms with Crippen LogP contribution in [-0.4, -0.2) is 10.9 Å². The van der Waals surface area contributed by atoms with Crippen LogP contribution in [0, 0.1) is 17.3 Å². The highest BCUT2D eigenvalue weighted by Crippen LogP contribution is 2.59. The van der Waals surface area contributed by atoms with Gasteiger partial charge in [0.05, 0.1) is 11.6 Å². The fraction of sp³-hybridized carbons (Fsp3) is 0.625. The lowest BCUT2D eigenvalue weighted by Gasteiger charge is -2.02. The first kappa shape index (κ1) is 13.8. The predicted octanol–water partition coefficient (Wildman–Crippen LogP) is 3.81. The zero-order valence-electron chi connectivity index (χ0n) is 12.6. The zero-order valence-corrected chi connectivity index (χ0v) is 13.4. The number of aromatic nitrogens is 1. The number of allylic oxidation sites excluding steroid dienone is 2. The molecule has 0 bridgehead atoms. The standard InChI is InChI=1S/C16H22N2OS/c1-9(2)8-10-13(16(10,3)4)14(19)18-15-17-11-6-5-7-12(11)20-15/h8,10,13H,5-7H2,1-4H3,(H,17,18,19). The molecule has 1 aromatic heterocycles. The highest BCUT2D eigenvalue weighted by molar-refractivity contribution is 7.15. The Morgan fingerprint density at radius 3 is 2.80 bits per heavy atom. The van der Waals surface area contributed by atoms with Crippen molar-refractivity contribution in [3.63, 3.8) is 0 Å². The second-order valence-electron chi connectivity index (χ2n) is 6.80. The summed E-state index contributed by atoms with van der Waals surface area (Å²) < 4.78 is 0. The molecule has 3 rings (SSSR count). The molecule has 1 heterocycles. The molecule has 20 heavy (non-hydrogen) atoms. The monoisotopic (exact) mass is 290 g/mol. The Labute approximate surface area is 124 Å². The molecule has 2 unspecified atom stereocenters. The van der Waals surface area contributed by atoms with Crippen molar-refractivity contribution in [3.05, 3.63) is 22.2 Å². The van der Waals surface area contributed by atoms with Crippen LogP contribution in [0.2, 0.25) is 0 Å². The number of hydrogen-bond acceptors (Lipinski definition) is 3. The van der Waals surface area contributed by atoms with Crippen molar-refractivity contribution in [2.24, 2.45) is 17.3 Å². The molecule has 4 heteroatoms. The Morgan fingerprint density at radius 1 is 1.40 bits per heavy atom. The van der Waals surface area contributed by atoms with Crippen LogP contribution in [0.5, 0.6) is 0 Å². The van der Waals surface area contributed by atoms with Gasteiger partial charge in [-0.3, -0.25) is 4.79 Å². The summed E-state index contributed by atoms with van der Waals surface area (Å²) >= 11 is 1.65. The van der Waals surface area contributed by atoms with Crippen LogP contribution in [0.1, 0.15) is 44.7 Å². The maximum absolute atomic E-state index is 12.4. The minimum absolute atomic E-state index is 0.0708. The molecule has 108 valence electrons. The summed E-state index contributed by atoms with van der Waals surface area (Å²) in [7, 11) is 0. The van der Waals surface area contributed by atoms with Gasteiger partial charge in [-0.1, -0.05) is 25.5 Å². The second-order valence-corrected chi connectivity index (χ2v) is 7.88. The molecule has 0 radical (unpaired) electrons. The van der Waals surface area contributed by atoms with Crippen LogP contribution in [-0.2, 0) is 17.6 Å². The van der Waals surface area contributed by atoms with E-state index < -0.39 is 0 Å². The molecular weight excluding hydrogens is 268 g/mol. The minimum atomic E-state index is 0.0708. The van der Waals surface area contributed by atoms with Gasteiger partial charge in [-0.2, -0.15) is 0 Å². The van der Waals surface area contributed by atoms with E-state index in [4.69, 9.17) is 0 Å². The fourth-order valence-corrected chi connectivity index (χ4v) is 4.33. The number of hydrogen-bond donors (Lipinski definition) is 1. The van der Waals surface area contributed by atoms with E-state index in [2.05, 4.69) is 44.1 Å². The van der Waals surface area contributed by atoms with Crippen LogP contribution in [0.3, 0.4) is 0 Å². The van der Waals surface area contributed by atoms with Gasteiger partial charge in [-0.25, -0.2) is 4.98 Å². The first-order chi connectivity index (χ1) is 9.39. The van der Waals surface area contributed by atoms with E-state index in [1.807, 2.05) is 0 Å². The van der Waals surface area contributed by atoms with E-state index in [1.54, 1.807) is 11.3 Å². The molecule has 1 saturated carbocycles. The van der Waals surface area contributed by atoms with E-state index in [1.165, 1.54) is 22.6 Å². The maximum atomic E-state index is 12.4. The lowest BCUT2D eigenvalue weighted by molar-refractivity contribution is -0.118. The van der Waals surface area contributed by atoms with Gasteiger partial charge >= 0.3 is 0 Å². The summed E-state index contributed by atoms with van der Waals surface area (Å²) in [4.78, 5) is 18.3. The fourth-order valence-electron chi connectivity index (χ4n) is 3.28. The van der Waals surface area contributed by atoms with Crippen molar-refractivity contribution in [2.75, 3.05) is 5.32 Å². The largest absolute Gasteiger partial charge is 0.302 e. The van der Waals surface area contributed by atoms with E-state index in [-0.39, 0.29) is 17.2 Å². The number of rotatable bonds is 3. The average Bonchev–Trinajstić information content (AvgIpc) is 2.69. The van der Waals surface area contributed by atoms with Gasteiger partial charge in [0.2, 0.25) is 5.91 Å². The van der Waals surface area contributed by atoms with Crippen molar-refractivity contribution < 1.29 is 4.79 Å². The Kier molecular flexibility index (Phi) is 3.24. The molecule has 0 spiro atoms. The molecule has 2 aliphatic rings. The predicted molar refractivity (Wildman–Crippen MR) is 83.0 cm³/mol. The van der Waals surface area contributed by atoms with Crippen LogP contribution < -0.4 is 5.32 Å². The van der Waals surface area contributed by atoms with E-state index >= 15 is 0 Å². The number of thiazole rings is 1. The average molecular weight is 290 g/mol. The highest BCUT2D eigenvalue weighted by atomic mass is 32.1. The molecule has 1 fully saturated rings. The smallest absolute Gasteiger partial charge is 0.230 e. The van der Waals surface area contributed by atoms with Gasteiger partial charge in [0.15, 0.2) is 5.13 Å². The van der Waals surface area contributed by atoms with Gasteiger partial charge in [0, 0.05) is 4.88 Å². The molecule has 3 nitrogen and oxygen atoms in total. The van der Waals surface area contributed by atoms with Crippen LogP contribution in [0.25, 0.3) is 0 Å². The number of nitrogens with zero attached hydrogens (tertiary/aromatic N) is 1. The highest BCUT2D eigenvalue weighted by Gasteiger charge is 2.60. The lowest BCUT2D eigenvalue weighted by atomic mass is 10.1. The Hall–Kier alpha value is -1.16. The first-order valence-corrected chi connectivity index (χ1v) is 8.15. The molecule has 2 atom stereocenters. The maximum Gasteiger partial charge on any atom is 0.230 e. The molecule has 1 amide bonds. The number of carbonyl (C=O) groups is 1. The van der Waals surface area contributed by atoms with Crippen molar-refractivity contribution in [1.82, 2.24) is 4.98 Å². The molecule has 0 aromatic carbocycles. The summed E-state index contributed by atoms with van der Waals surface area (Å²) in [6.07, 6.45) is 5.63. The van der Waals surface area contributed by atoms with Gasteiger partial charge in [-0.15, -0.1) is 11.3 Å². The van der Waals surface area contributed by atoms with Gasteiger partial charge in [0.25, 0.3) is 0 Å². The number of amides is 1. The van der Waals surface area contributed by atoms with Crippen LogP contribution in [0.4, 0.5) is 5.13 Å². The van der Waals surface area contributed by atoms with Crippen molar-refractivity contribution in [1.29, 1.82) is 0 Å². The molecule has 1 N–H and O–H groups in total. The molecule has 1 aromatic rings. The first-order valence-electron chi connectivity index (χ1n) is 7.34. The summed E-state index contributed by atoms with van der Waals surface area (Å²) in [5, 5.41) is 3.82. The van der Waals surface area contributed by atoms with E-state index in [0.29, 0.717) is 5.92 Å². The topological polar surface area (TPSA) is 42.0 Å². The van der Waals surface area contributed by atoms with Crippen LogP contribution >= 0.6 is 11.3 Å². The van der Waals surface area contributed by atoms with Gasteiger partial charge in [0.1, 0.15) is 0 Å². The molecular formula is C16H22N2OS. The minimum Gasteiger partial charge on any atom is -0.302 e. The Morgan fingerprint density at radius 2 is 2.15 bits per heavy atom. The third kappa shape index (κ3) is 2.30. The molecule has 0 saturated heterocycles. The summed E-state index contributed by atoms with van der Waals surface area (Å²) in [5.41, 5.74) is 2.55. The summed E-state index contributed by atoms with van der Waals surface area (Å²) in [5.74, 6) is 0.570. The normalized spacial score (nSPS) is 26.0. The summed E-state index contributed by atoms with van der Waals surface area (Å²) in [6.45, 7) is 8.52. The van der Waals surface area contributed by atoms with Crippen molar-refractivity contribution in [3.8, 4) is 0 Å². The second kappa shape index (κ2) is 4.69. The Bertz CT molecular complexity index is 560. The third-order valence-corrected chi connectivity index (χ3v) is 5.60. The number of carbonyl (C=O) groups excluding carboxylic acids is 1. The van der Waals surface area contributed by atoms with E-state index in [9.17, 15) is 4.79 Å².